The maximum Gasteiger partial charge on any atom is 0.273 e. The first-order valence-electron chi connectivity index (χ1n) is 5.68. The first-order chi connectivity index (χ1) is 8.43. The molecule has 6 nitrogen and oxygen atoms in total. The molecule has 0 saturated carbocycles. The number of rotatable bonds is 3. The van der Waals surface area contributed by atoms with Gasteiger partial charge in [0, 0.05) is 12.3 Å². The van der Waals surface area contributed by atoms with E-state index in [1.54, 1.807) is 10.3 Å². The molecule has 1 saturated heterocycles. The number of anilines is 1. The number of carbonyl (C=O) groups is 2. The second-order valence-electron chi connectivity index (χ2n) is 4.46. The Morgan fingerprint density at radius 2 is 2.28 bits per heavy atom. The SMILES string of the molecule is CCC1(O)CN(C(=O)c2csc(NC(C)=O)n2)C1. The number of aliphatic hydroxyl groups is 1. The lowest BCUT2D eigenvalue weighted by molar-refractivity contribution is -0.114. The third-order valence-corrected chi connectivity index (χ3v) is 3.68. The number of nitrogens with one attached hydrogen (secondary N) is 1. The summed E-state index contributed by atoms with van der Waals surface area (Å²) < 4.78 is 0. The molecule has 2 heterocycles. The first-order valence-corrected chi connectivity index (χ1v) is 6.56. The predicted octanol–water partition coefficient (Wildman–Crippen LogP) is 0.698. The number of thiazole rings is 1. The van der Waals surface area contributed by atoms with Crippen LogP contribution in [0.15, 0.2) is 5.38 Å². The van der Waals surface area contributed by atoms with Gasteiger partial charge < -0.3 is 15.3 Å². The highest BCUT2D eigenvalue weighted by atomic mass is 32.1. The number of nitrogens with zero attached hydrogens (tertiary/aromatic N) is 2. The van der Waals surface area contributed by atoms with Gasteiger partial charge in [0.05, 0.1) is 18.7 Å². The van der Waals surface area contributed by atoms with Crippen molar-refractivity contribution in [2.24, 2.45) is 0 Å². The predicted molar refractivity (Wildman–Crippen MR) is 67.6 cm³/mol. The molecule has 0 atom stereocenters. The standard InChI is InChI=1S/C11H15N3O3S/c1-3-11(17)5-14(6-11)9(16)8-4-18-10(13-8)12-7(2)15/h4,17H,3,5-6H2,1-2H3,(H,12,13,15). The average molecular weight is 269 g/mol. The number of β-amino-alcohol motifs (C(OH)–C–C–N with tert-alkyl or cyclic N) is 1. The van der Waals surface area contributed by atoms with E-state index in [1.165, 1.54) is 18.3 Å². The molecule has 0 aliphatic carbocycles. The monoisotopic (exact) mass is 269 g/mol. The summed E-state index contributed by atoms with van der Waals surface area (Å²) >= 11 is 1.21. The molecule has 0 bridgehead atoms. The fraction of sp³-hybridized carbons (Fsp3) is 0.545. The van der Waals surface area contributed by atoms with E-state index in [-0.39, 0.29) is 11.8 Å². The van der Waals surface area contributed by atoms with Gasteiger partial charge in [-0.15, -0.1) is 11.3 Å². The molecule has 0 spiro atoms. The normalized spacial score (nSPS) is 17.2. The van der Waals surface area contributed by atoms with Crippen LogP contribution in [0.2, 0.25) is 0 Å². The van der Waals surface area contributed by atoms with Gasteiger partial charge in [0.25, 0.3) is 5.91 Å². The molecule has 1 fully saturated rings. The number of hydrogen-bond acceptors (Lipinski definition) is 5. The zero-order chi connectivity index (χ0) is 13.3. The Bertz CT molecular complexity index is 480. The summed E-state index contributed by atoms with van der Waals surface area (Å²) in [5.74, 6) is -0.423. The largest absolute Gasteiger partial charge is 0.386 e. The van der Waals surface area contributed by atoms with Crippen LogP contribution in [0.3, 0.4) is 0 Å². The molecule has 2 rings (SSSR count). The molecule has 1 aliphatic heterocycles. The van der Waals surface area contributed by atoms with Crippen molar-refractivity contribution >= 4 is 28.3 Å². The van der Waals surface area contributed by atoms with Crippen LogP contribution in [0, 0.1) is 0 Å². The Labute approximate surface area is 109 Å². The third kappa shape index (κ3) is 2.51. The van der Waals surface area contributed by atoms with E-state index >= 15 is 0 Å². The van der Waals surface area contributed by atoms with Gasteiger partial charge >= 0.3 is 0 Å². The van der Waals surface area contributed by atoms with Gasteiger partial charge in [0.1, 0.15) is 5.69 Å². The minimum Gasteiger partial charge on any atom is -0.386 e. The summed E-state index contributed by atoms with van der Waals surface area (Å²) in [6.07, 6.45) is 0.630. The van der Waals surface area contributed by atoms with Crippen molar-refractivity contribution in [3.63, 3.8) is 0 Å². The molecule has 0 radical (unpaired) electrons. The highest BCUT2D eigenvalue weighted by molar-refractivity contribution is 7.14. The molecule has 0 aromatic carbocycles. The van der Waals surface area contributed by atoms with Crippen LogP contribution in [-0.2, 0) is 4.79 Å². The molecule has 2 amide bonds. The number of hydrogen-bond donors (Lipinski definition) is 2. The highest BCUT2D eigenvalue weighted by Crippen LogP contribution is 2.26. The van der Waals surface area contributed by atoms with Gasteiger partial charge in [-0.25, -0.2) is 4.98 Å². The van der Waals surface area contributed by atoms with Crippen LogP contribution in [0.4, 0.5) is 5.13 Å². The van der Waals surface area contributed by atoms with Crippen LogP contribution in [-0.4, -0.2) is 45.5 Å². The zero-order valence-corrected chi connectivity index (χ0v) is 11.1. The van der Waals surface area contributed by atoms with Gasteiger partial charge in [-0.2, -0.15) is 0 Å². The van der Waals surface area contributed by atoms with E-state index in [2.05, 4.69) is 10.3 Å². The topological polar surface area (TPSA) is 82.5 Å². The van der Waals surface area contributed by atoms with Gasteiger partial charge in [-0.3, -0.25) is 9.59 Å². The smallest absolute Gasteiger partial charge is 0.273 e. The van der Waals surface area contributed by atoms with E-state index < -0.39 is 5.60 Å². The van der Waals surface area contributed by atoms with Crippen LogP contribution < -0.4 is 5.32 Å². The molecule has 18 heavy (non-hydrogen) atoms. The summed E-state index contributed by atoms with van der Waals surface area (Å²) in [7, 11) is 0. The maximum absolute atomic E-state index is 12.0. The summed E-state index contributed by atoms with van der Waals surface area (Å²) in [6, 6.07) is 0. The van der Waals surface area contributed by atoms with Gasteiger partial charge in [0.2, 0.25) is 5.91 Å². The Hall–Kier alpha value is -1.47. The summed E-state index contributed by atoms with van der Waals surface area (Å²) in [4.78, 5) is 28.4. The van der Waals surface area contributed by atoms with E-state index in [0.717, 1.165) is 0 Å². The van der Waals surface area contributed by atoms with Crippen LogP contribution in [0.25, 0.3) is 0 Å². The fourth-order valence-corrected chi connectivity index (χ4v) is 2.50. The molecule has 1 aromatic heterocycles. The van der Waals surface area contributed by atoms with Crippen molar-refractivity contribution in [2.45, 2.75) is 25.9 Å². The molecule has 7 heteroatoms. The van der Waals surface area contributed by atoms with Gasteiger partial charge in [-0.1, -0.05) is 6.92 Å². The van der Waals surface area contributed by atoms with E-state index in [1.807, 2.05) is 6.92 Å². The number of aromatic nitrogens is 1. The number of amides is 2. The van der Waals surface area contributed by atoms with Crippen molar-refractivity contribution in [2.75, 3.05) is 18.4 Å². The Balaban J connectivity index is 1.98. The maximum atomic E-state index is 12.0. The Morgan fingerprint density at radius 3 is 2.83 bits per heavy atom. The second-order valence-corrected chi connectivity index (χ2v) is 5.32. The Morgan fingerprint density at radius 1 is 1.61 bits per heavy atom. The summed E-state index contributed by atoms with van der Waals surface area (Å²) in [5, 5.41) is 14.4. The quantitative estimate of drug-likeness (QED) is 0.846. The second kappa shape index (κ2) is 4.66. The van der Waals surface area contributed by atoms with Crippen molar-refractivity contribution < 1.29 is 14.7 Å². The molecule has 0 unspecified atom stereocenters. The minimum atomic E-state index is -0.744. The molecule has 2 N–H and O–H groups in total. The molecule has 98 valence electrons. The van der Waals surface area contributed by atoms with E-state index in [9.17, 15) is 14.7 Å². The zero-order valence-electron chi connectivity index (χ0n) is 10.3. The number of likely N-dealkylation sites (tertiary alicyclic amines) is 1. The molecular weight excluding hydrogens is 254 g/mol. The van der Waals surface area contributed by atoms with Gasteiger partial charge in [-0.05, 0) is 6.42 Å². The van der Waals surface area contributed by atoms with Crippen molar-refractivity contribution in [1.82, 2.24) is 9.88 Å². The lowest BCUT2D eigenvalue weighted by atomic mass is 9.91. The van der Waals surface area contributed by atoms with E-state index in [4.69, 9.17) is 0 Å². The van der Waals surface area contributed by atoms with Crippen LogP contribution in [0.1, 0.15) is 30.8 Å². The van der Waals surface area contributed by atoms with Crippen molar-refractivity contribution in [1.29, 1.82) is 0 Å². The lowest BCUT2D eigenvalue weighted by Gasteiger charge is -2.45. The minimum absolute atomic E-state index is 0.207. The summed E-state index contributed by atoms with van der Waals surface area (Å²) in [5.41, 5.74) is -0.437. The van der Waals surface area contributed by atoms with Gasteiger partial charge in [0.15, 0.2) is 5.13 Å². The van der Waals surface area contributed by atoms with Crippen LogP contribution in [0.5, 0.6) is 0 Å². The highest BCUT2D eigenvalue weighted by Gasteiger charge is 2.42. The first kappa shape index (κ1) is 13.0. The summed E-state index contributed by atoms with van der Waals surface area (Å²) in [6.45, 7) is 3.96. The van der Waals surface area contributed by atoms with Crippen molar-refractivity contribution in [3.05, 3.63) is 11.1 Å². The van der Waals surface area contributed by atoms with E-state index in [0.29, 0.717) is 30.3 Å². The molecular formula is C11H15N3O3S. The third-order valence-electron chi connectivity index (χ3n) is 2.92. The average Bonchev–Trinajstić information content (AvgIpc) is 2.71. The van der Waals surface area contributed by atoms with Crippen molar-refractivity contribution in [3.8, 4) is 0 Å². The molecule has 1 aliphatic rings. The Kier molecular flexibility index (Phi) is 3.36. The van der Waals surface area contributed by atoms with Crippen LogP contribution >= 0.6 is 11.3 Å². The lowest BCUT2D eigenvalue weighted by Crippen LogP contribution is -2.63. The number of carbonyl (C=O) groups excluding carboxylic acids is 2. The molecule has 1 aromatic rings. The fourth-order valence-electron chi connectivity index (χ4n) is 1.77.